The summed E-state index contributed by atoms with van der Waals surface area (Å²) in [6, 6.07) is 16.4. The van der Waals surface area contributed by atoms with Crippen molar-refractivity contribution in [2.24, 2.45) is 0 Å². The van der Waals surface area contributed by atoms with Crippen molar-refractivity contribution in [3.63, 3.8) is 0 Å². The fourth-order valence-electron chi connectivity index (χ4n) is 2.04. The highest BCUT2D eigenvalue weighted by Gasteiger charge is 2.02. The molecule has 0 aliphatic heterocycles. The number of fused-ring (bicyclic) bond motifs is 1. The molecular formula is C16H15NOS. The summed E-state index contributed by atoms with van der Waals surface area (Å²) in [5.74, 6) is 0.928. The summed E-state index contributed by atoms with van der Waals surface area (Å²) in [4.78, 5) is 4.47. The second kappa shape index (κ2) is 5.41. The number of hydrogen-bond donors (Lipinski definition) is 0. The standard InChI is InChI=1S/C16H15NOS/c1-12-17-15-8-7-13(11-16(15)19-12)9-10-18-14-5-3-2-4-6-14/h2-8,11H,9-10H2,1H3. The molecule has 1 heterocycles. The summed E-state index contributed by atoms with van der Waals surface area (Å²) >= 11 is 1.74. The molecule has 19 heavy (non-hydrogen) atoms. The summed E-state index contributed by atoms with van der Waals surface area (Å²) < 4.78 is 6.97. The Morgan fingerprint density at radius 3 is 2.79 bits per heavy atom. The summed E-state index contributed by atoms with van der Waals surface area (Å²) in [5.41, 5.74) is 2.39. The monoisotopic (exact) mass is 269 g/mol. The Balaban J connectivity index is 1.65. The Morgan fingerprint density at radius 2 is 1.95 bits per heavy atom. The Morgan fingerprint density at radius 1 is 1.11 bits per heavy atom. The van der Waals surface area contributed by atoms with Crippen molar-refractivity contribution in [2.75, 3.05) is 6.61 Å². The maximum atomic E-state index is 5.71. The normalized spacial score (nSPS) is 10.8. The van der Waals surface area contributed by atoms with E-state index < -0.39 is 0 Å². The lowest BCUT2D eigenvalue weighted by atomic mass is 10.1. The smallest absolute Gasteiger partial charge is 0.119 e. The number of thiazole rings is 1. The minimum Gasteiger partial charge on any atom is -0.493 e. The first-order chi connectivity index (χ1) is 9.31. The van der Waals surface area contributed by atoms with Gasteiger partial charge in [-0.05, 0) is 36.8 Å². The van der Waals surface area contributed by atoms with Crippen molar-refractivity contribution >= 4 is 21.6 Å². The fraction of sp³-hybridized carbons (Fsp3) is 0.188. The molecule has 3 rings (SSSR count). The van der Waals surface area contributed by atoms with Crippen molar-refractivity contribution in [3.05, 3.63) is 59.1 Å². The Hall–Kier alpha value is -1.87. The molecule has 0 atom stereocenters. The highest BCUT2D eigenvalue weighted by atomic mass is 32.1. The van der Waals surface area contributed by atoms with Gasteiger partial charge in [0.1, 0.15) is 5.75 Å². The van der Waals surface area contributed by atoms with Gasteiger partial charge in [0.05, 0.1) is 21.8 Å². The van der Waals surface area contributed by atoms with E-state index >= 15 is 0 Å². The van der Waals surface area contributed by atoms with Crippen LogP contribution < -0.4 is 4.74 Å². The quantitative estimate of drug-likeness (QED) is 0.707. The molecule has 3 heteroatoms. The van der Waals surface area contributed by atoms with Crippen LogP contribution in [0.25, 0.3) is 10.2 Å². The molecule has 0 amide bonds. The van der Waals surface area contributed by atoms with E-state index in [9.17, 15) is 0 Å². The number of aryl methyl sites for hydroxylation is 1. The maximum Gasteiger partial charge on any atom is 0.119 e. The zero-order chi connectivity index (χ0) is 13.1. The van der Waals surface area contributed by atoms with Gasteiger partial charge >= 0.3 is 0 Å². The van der Waals surface area contributed by atoms with Crippen LogP contribution in [0.1, 0.15) is 10.6 Å². The van der Waals surface area contributed by atoms with Crippen molar-refractivity contribution < 1.29 is 4.74 Å². The van der Waals surface area contributed by atoms with Gasteiger partial charge in [-0.2, -0.15) is 0 Å². The largest absolute Gasteiger partial charge is 0.493 e. The molecule has 0 bridgehead atoms. The van der Waals surface area contributed by atoms with Crippen LogP contribution in [0.3, 0.4) is 0 Å². The van der Waals surface area contributed by atoms with Crippen LogP contribution in [0.15, 0.2) is 48.5 Å². The molecule has 2 nitrogen and oxygen atoms in total. The van der Waals surface area contributed by atoms with Crippen LogP contribution >= 0.6 is 11.3 Å². The Bertz CT molecular complexity index is 676. The third-order valence-corrected chi connectivity index (χ3v) is 3.90. The first-order valence-corrected chi connectivity index (χ1v) is 7.17. The molecule has 0 fully saturated rings. The molecule has 1 aromatic heterocycles. The molecule has 0 aliphatic carbocycles. The molecule has 0 N–H and O–H groups in total. The van der Waals surface area contributed by atoms with E-state index in [1.807, 2.05) is 37.3 Å². The molecule has 0 saturated heterocycles. The summed E-state index contributed by atoms with van der Waals surface area (Å²) in [5, 5.41) is 1.12. The number of nitrogens with zero attached hydrogens (tertiary/aromatic N) is 1. The number of hydrogen-bond acceptors (Lipinski definition) is 3. The maximum absolute atomic E-state index is 5.71. The van der Waals surface area contributed by atoms with Crippen molar-refractivity contribution in [1.29, 1.82) is 0 Å². The number of rotatable bonds is 4. The van der Waals surface area contributed by atoms with E-state index in [1.54, 1.807) is 11.3 Å². The molecule has 0 spiro atoms. The average molecular weight is 269 g/mol. The molecule has 0 saturated carbocycles. The highest BCUT2D eigenvalue weighted by molar-refractivity contribution is 7.18. The van der Waals surface area contributed by atoms with E-state index in [0.717, 1.165) is 22.7 Å². The van der Waals surface area contributed by atoms with Crippen molar-refractivity contribution in [1.82, 2.24) is 4.98 Å². The first-order valence-electron chi connectivity index (χ1n) is 6.35. The second-order valence-electron chi connectivity index (χ2n) is 4.45. The van der Waals surface area contributed by atoms with E-state index in [-0.39, 0.29) is 0 Å². The van der Waals surface area contributed by atoms with Gasteiger partial charge in [-0.1, -0.05) is 24.3 Å². The summed E-state index contributed by atoms with van der Waals surface area (Å²) in [7, 11) is 0. The third-order valence-electron chi connectivity index (χ3n) is 2.96. The molecule has 0 radical (unpaired) electrons. The Labute approximate surface area is 116 Å². The lowest BCUT2D eigenvalue weighted by Gasteiger charge is -2.05. The van der Waals surface area contributed by atoms with E-state index in [1.165, 1.54) is 10.3 Å². The number of ether oxygens (including phenoxy) is 1. The van der Waals surface area contributed by atoms with Crippen LogP contribution in [0.4, 0.5) is 0 Å². The second-order valence-corrected chi connectivity index (χ2v) is 5.68. The van der Waals surface area contributed by atoms with Gasteiger partial charge < -0.3 is 4.74 Å². The zero-order valence-corrected chi connectivity index (χ0v) is 11.6. The highest BCUT2D eigenvalue weighted by Crippen LogP contribution is 2.22. The predicted octanol–water partition coefficient (Wildman–Crippen LogP) is 4.23. The molecule has 2 aromatic carbocycles. The van der Waals surface area contributed by atoms with E-state index in [2.05, 4.69) is 23.2 Å². The molecule has 0 unspecified atom stereocenters. The summed E-state index contributed by atoms with van der Waals surface area (Å²) in [6.07, 6.45) is 0.918. The van der Waals surface area contributed by atoms with Gasteiger partial charge in [0.2, 0.25) is 0 Å². The number of aromatic nitrogens is 1. The van der Waals surface area contributed by atoms with Gasteiger partial charge in [-0.15, -0.1) is 11.3 Å². The van der Waals surface area contributed by atoms with Crippen LogP contribution in [0.2, 0.25) is 0 Å². The topological polar surface area (TPSA) is 22.1 Å². The SMILES string of the molecule is Cc1nc2ccc(CCOc3ccccc3)cc2s1. The van der Waals surface area contributed by atoms with Crippen LogP contribution in [0, 0.1) is 6.92 Å². The molecule has 3 aromatic rings. The predicted molar refractivity (Wildman–Crippen MR) is 80.0 cm³/mol. The van der Waals surface area contributed by atoms with Crippen LogP contribution in [0.5, 0.6) is 5.75 Å². The van der Waals surface area contributed by atoms with Crippen LogP contribution in [-0.2, 0) is 6.42 Å². The van der Waals surface area contributed by atoms with Crippen LogP contribution in [-0.4, -0.2) is 11.6 Å². The van der Waals surface area contributed by atoms with E-state index in [0.29, 0.717) is 6.61 Å². The van der Waals surface area contributed by atoms with Crippen molar-refractivity contribution in [2.45, 2.75) is 13.3 Å². The summed E-state index contributed by atoms with van der Waals surface area (Å²) in [6.45, 7) is 2.75. The zero-order valence-electron chi connectivity index (χ0n) is 10.8. The van der Waals surface area contributed by atoms with Gasteiger partial charge in [0.25, 0.3) is 0 Å². The van der Waals surface area contributed by atoms with Gasteiger partial charge in [-0.3, -0.25) is 0 Å². The lowest BCUT2D eigenvalue weighted by molar-refractivity contribution is 0.322. The van der Waals surface area contributed by atoms with Crippen molar-refractivity contribution in [3.8, 4) is 5.75 Å². The lowest BCUT2D eigenvalue weighted by Crippen LogP contribution is -2.00. The minimum atomic E-state index is 0.702. The number of para-hydroxylation sites is 1. The number of benzene rings is 2. The first kappa shape index (κ1) is 12.2. The fourth-order valence-corrected chi connectivity index (χ4v) is 2.93. The van der Waals surface area contributed by atoms with Gasteiger partial charge in [0, 0.05) is 6.42 Å². The minimum absolute atomic E-state index is 0.702. The molecule has 0 aliphatic rings. The molecule has 96 valence electrons. The average Bonchev–Trinajstić information content (AvgIpc) is 2.79. The third kappa shape index (κ3) is 2.93. The van der Waals surface area contributed by atoms with Gasteiger partial charge in [0.15, 0.2) is 0 Å². The van der Waals surface area contributed by atoms with E-state index in [4.69, 9.17) is 4.74 Å². The molecular weight excluding hydrogens is 254 g/mol. The Kier molecular flexibility index (Phi) is 3.47. The van der Waals surface area contributed by atoms with Gasteiger partial charge in [-0.25, -0.2) is 4.98 Å².